The van der Waals surface area contributed by atoms with Gasteiger partial charge >= 0.3 is 0 Å². The first kappa shape index (κ1) is 18.8. The van der Waals surface area contributed by atoms with Gasteiger partial charge in [-0.05, 0) is 37.0 Å². The Balaban J connectivity index is 1.65. The van der Waals surface area contributed by atoms with Crippen LogP contribution in [0, 0.1) is 0 Å². The summed E-state index contributed by atoms with van der Waals surface area (Å²) in [7, 11) is 0. The maximum Gasteiger partial charge on any atom is 0.172 e. The van der Waals surface area contributed by atoms with Gasteiger partial charge < -0.3 is 16.4 Å². The summed E-state index contributed by atoms with van der Waals surface area (Å²) in [5.74, 6) is -0.0175. The van der Waals surface area contributed by atoms with Gasteiger partial charge in [-0.2, -0.15) is 0 Å². The van der Waals surface area contributed by atoms with Crippen molar-refractivity contribution in [2.24, 2.45) is 5.73 Å². The number of fused-ring (bicyclic) bond motifs is 1. The molecule has 6 nitrogen and oxygen atoms in total. The van der Waals surface area contributed by atoms with Crippen molar-refractivity contribution in [3.8, 4) is 0 Å². The van der Waals surface area contributed by atoms with E-state index in [1.165, 1.54) is 11.3 Å². The maximum atomic E-state index is 13.2. The van der Waals surface area contributed by atoms with Crippen LogP contribution < -0.4 is 16.4 Å². The van der Waals surface area contributed by atoms with Crippen molar-refractivity contribution in [1.82, 2.24) is 9.97 Å². The number of nitrogens with zero attached hydrogens (tertiary/aromatic N) is 3. The predicted octanol–water partition coefficient (Wildman–Crippen LogP) is 3.19. The van der Waals surface area contributed by atoms with Gasteiger partial charge in [0.15, 0.2) is 5.78 Å². The van der Waals surface area contributed by atoms with Crippen molar-refractivity contribution >= 4 is 38.0 Å². The highest BCUT2D eigenvalue weighted by Gasteiger charge is 2.23. The lowest BCUT2D eigenvalue weighted by Crippen LogP contribution is -2.43. The Kier molecular flexibility index (Phi) is 5.28. The number of Topliss-reactive ketones (excluding diaryl/α,β-unsaturated/α-hetero) is 1. The number of rotatable bonds is 5. The molecule has 1 aliphatic rings. The Morgan fingerprint density at radius 3 is 3.04 bits per heavy atom. The summed E-state index contributed by atoms with van der Waals surface area (Å²) < 4.78 is 0.966. The second kappa shape index (κ2) is 7.85. The monoisotopic (exact) mass is 395 g/mol. The number of hydrogen-bond donors (Lipinski definition) is 2. The average molecular weight is 396 g/mol. The first-order valence-corrected chi connectivity index (χ1v) is 10.5. The van der Waals surface area contributed by atoms with Crippen LogP contribution in [0.15, 0.2) is 30.7 Å². The lowest BCUT2D eigenvalue weighted by atomic mass is 10.0. The number of aromatic nitrogens is 2. The van der Waals surface area contributed by atoms with Crippen LogP contribution in [0.5, 0.6) is 0 Å². The van der Waals surface area contributed by atoms with Gasteiger partial charge in [-0.25, -0.2) is 0 Å². The minimum Gasteiger partial charge on any atom is -0.390 e. The van der Waals surface area contributed by atoms with E-state index in [4.69, 9.17) is 11.5 Å². The van der Waals surface area contributed by atoms with Gasteiger partial charge in [-0.15, -0.1) is 11.3 Å². The lowest BCUT2D eigenvalue weighted by Gasteiger charge is -2.33. The molecule has 3 aromatic heterocycles. The van der Waals surface area contributed by atoms with Crippen molar-refractivity contribution in [3.63, 3.8) is 0 Å². The van der Waals surface area contributed by atoms with E-state index in [9.17, 15) is 4.79 Å². The Morgan fingerprint density at radius 2 is 2.25 bits per heavy atom. The molecule has 0 radical (unpaired) electrons. The number of carbonyl (C=O) groups excluding carboxylic acids is 1. The number of anilines is 2. The number of aryl methyl sites for hydroxylation is 1. The summed E-state index contributed by atoms with van der Waals surface area (Å²) in [6.45, 7) is 3.84. The SMILES string of the molecule is CCc1cnc2c(C(=O)Cc3cnccc3N3CCC[C@H](N)C3)c(N)sc2c1. The summed E-state index contributed by atoms with van der Waals surface area (Å²) in [5, 5.41) is 0.534. The van der Waals surface area contributed by atoms with Gasteiger partial charge in [0.1, 0.15) is 0 Å². The number of carbonyl (C=O) groups is 1. The Morgan fingerprint density at radius 1 is 1.39 bits per heavy atom. The first-order chi connectivity index (χ1) is 13.6. The van der Waals surface area contributed by atoms with Crippen LogP contribution in [0.1, 0.15) is 41.3 Å². The molecule has 0 amide bonds. The fourth-order valence-electron chi connectivity index (χ4n) is 3.85. The molecule has 1 aliphatic heterocycles. The van der Waals surface area contributed by atoms with Crippen LogP contribution in [0.4, 0.5) is 10.7 Å². The maximum absolute atomic E-state index is 13.2. The van der Waals surface area contributed by atoms with Gasteiger partial charge in [0, 0.05) is 55.4 Å². The van der Waals surface area contributed by atoms with Gasteiger partial charge in [0.05, 0.1) is 20.8 Å². The van der Waals surface area contributed by atoms with Crippen LogP contribution in [-0.2, 0) is 12.8 Å². The molecule has 1 saturated heterocycles. The smallest absolute Gasteiger partial charge is 0.172 e. The van der Waals surface area contributed by atoms with Crippen molar-refractivity contribution < 1.29 is 4.79 Å². The third kappa shape index (κ3) is 3.59. The average Bonchev–Trinajstić information content (AvgIpc) is 3.03. The van der Waals surface area contributed by atoms with E-state index in [-0.39, 0.29) is 18.2 Å². The molecule has 28 heavy (non-hydrogen) atoms. The second-order valence-corrected chi connectivity index (χ2v) is 8.42. The number of hydrogen-bond acceptors (Lipinski definition) is 7. The topological polar surface area (TPSA) is 98.1 Å². The highest BCUT2D eigenvalue weighted by atomic mass is 32.1. The summed E-state index contributed by atoms with van der Waals surface area (Å²) in [6, 6.07) is 4.21. The Bertz CT molecular complexity index is 1020. The van der Waals surface area contributed by atoms with Gasteiger partial charge in [-0.1, -0.05) is 6.92 Å². The van der Waals surface area contributed by atoms with Crippen molar-refractivity contribution in [2.45, 2.75) is 38.6 Å². The van der Waals surface area contributed by atoms with Crippen LogP contribution in [0.3, 0.4) is 0 Å². The van der Waals surface area contributed by atoms with Crippen molar-refractivity contribution in [1.29, 1.82) is 0 Å². The molecule has 4 rings (SSSR count). The molecule has 0 saturated carbocycles. The zero-order valence-corrected chi connectivity index (χ0v) is 16.8. The minimum absolute atomic E-state index is 0.0175. The number of piperidine rings is 1. The van der Waals surface area contributed by atoms with Crippen LogP contribution in [0.2, 0.25) is 0 Å². The van der Waals surface area contributed by atoms with E-state index in [1.54, 1.807) is 12.4 Å². The Hall–Kier alpha value is -2.51. The van der Waals surface area contributed by atoms with Gasteiger partial charge in [0.2, 0.25) is 0 Å². The van der Waals surface area contributed by atoms with Gasteiger partial charge in [0.25, 0.3) is 0 Å². The predicted molar refractivity (Wildman–Crippen MR) is 115 cm³/mol. The minimum atomic E-state index is -0.0175. The lowest BCUT2D eigenvalue weighted by molar-refractivity contribution is 0.0995. The number of nitrogens with two attached hydrogens (primary N) is 2. The molecule has 4 N–H and O–H groups in total. The number of thiophene rings is 1. The second-order valence-electron chi connectivity index (χ2n) is 7.34. The zero-order valence-electron chi connectivity index (χ0n) is 16.0. The standard InChI is InChI=1S/C21H25N5OS/c1-2-13-8-18-20(25-10-13)19(21(23)28-18)17(27)9-14-11-24-6-5-16(14)26-7-3-4-15(22)12-26/h5-6,8,10-11,15H,2-4,7,9,12,22-23H2,1H3/t15-/m0/s1. The third-order valence-electron chi connectivity index (χ3n) is 5.33. The van der Waals surface area contributed by atoms with Crippen molar-refractivity contribution in [3.05, 3.63) is 47.4 Å². The molecule has 1 atom stereocenters. The molecular formula is C21H25N5OS. The molecule has 4 heterocycles. The Labute approximate surface area is 168 Å². The summed E-state index contributed by atoms with van der Waals surface area (Å²) in [6.07, 6.45) is 8.63. The summed E-state index contributed by atoms with van der Waals surface area (Å²) >= 11 is 1.43. The highest BCUT2D eigenvalue weighted by Crippen LogP contribution is 2.34. The molecule has 3 aromatic rings. The molecule has 0 aliphatic carbocycles. The van der Waals surface area contributed by atoms with E-state index in [0.29, 0.717) is 16.1 Å². The number of pyridine rings is 2. The van der Waals surface area contributed by atoms with Crippen molar-refractivity contribution in [2.75, 3.05) is 23.7 Å². The fraction of sp³-hybridized carbons (Fsp3) is 0.381. The molecule has 0 spiro atoms. The first-order valence-electron chi connectivity index (χ1n) is 9.70. The third-order valence-corrected chi connectivity index (χ3v) is 6.28. The molecule has 0 unspecified atom stereocenters. The van der Waals surface area contributed by atoms with E-state index >= 15 is 0 Å². The zero-order chi connectivity index (χ0) is 19.7. The van der Waals surface area contributed by atoms with Crippen LogP contribution in [0.25, 0.3) is 10.2 Å². The van der Waals surface area contributed by atoms with Gasteiger partial charge in [-0.3, -0.25) is 14.8 Å². The summed E-state index contributed by atoms with van der Waals surface area (Å²) in [4.78, 5) is 24.2. The quantitative estimate of drug-likeness (QED) is 0.644. The molecule has 0 bridgehead atoms. The van der Waals surface area contributed by atoms with Crippen LogP contribution >= 0.6 is 11.3 Å². The van der Waals surface area contributed by atoms with E-state index in [1.807, 2.05) is 12.3 Å². The number of ketones is 1. The van der Waals surface area contributed by atoms with E-state index in [0.717, 1.165) is 53.9 Å². The molecule has 7 heteroatoms. The molecule has 0 aromatic carbocycles. The normalized spacial score (nSPS) is 17.2. The molecule has 146 valence electrons. The summed E-state index contributed by atoms with van der Waals surface area (Å²) in [5.41, 5.74) is 16.7. The molecular weight excluding hydrogens is 370 g/mol. The highest BCUT2D eigenvalue weighted by molar-refractivity contribution is 7.23. The van der Waals surface area contributed by atoms with E-state index in [2.05, 4.69) is 27.9 Å². The van der Waals surface area contributed by atoms with E-state index < -0.39 is 0 Å². The van der Waals surface area contributed by atoms with Crippen LogP contribution in [-0.4, -0.2) is 34.9 Å². The fourth-order valence-corrected chi connectivity index (χ4v) is 4.87. The largest absolute Gasteiger partial charge is 0.390 e. The number of nitrogen functional groups attached to an aromatic ring is 1. The molecule has 1 fully saturated rings.